The van der Waals surface area contributed by atoms with E-state index >= 15 is 0 Å². The number of carboxylic acid groups (broad SMARTS) is 3. The molecule has 0 aliphatic carbocycles. The number of amides is 3. The van der Waals surface area contributed by atoms with Crippen molar-refractivity contribution in [1.82, 2.24) is 16.0 Å². The van der Waals surface area contributed by atoms with Gasteiger partial charge in [-0.2, -0.15) is 0 Å². The molecule has 30 heavy (non-hydrogen) atoms. The highest BCUT2D eigenvalue weighted by Gasteiger charge is 2.24. The number of hydrogen-bond acceptors (Lipinski definition) is 6. The van der Waals surface area contributed by atoms with Crippen molar-refractivity contribution >= 4 is 29.8 Å². The number of urea groups is 1. The fraction of sp³-hybridized carbons (Fsp3) is 0.688. The van der Waals surface area contributed by atoms with Crippen LogP contribution in [-0.4, -0.2) is 70.3 Å². The Labute approximate surface area is 171 Å². The van der Waals surface area contributed by atoms with E-state index in [1.54, 1.807) is 0 Å². The van der Waals surface area contributed by atoms with Crippen molar-refractivity contribution in [2.45, 2.75) is 57.0 Å². The van der Waals surface area contributed by atoms with E-state index in [9.17, 15) is 29.1 Å². The van der Waals surface area contributed by atoms with E-state index < -0.39 is 42.4 Å². The lowest BCUT2D eigenvalue weighted by atomic mass is 10.1. The standard InChI is InChI=1S/C16H26N6O8/c17-22-19-9-3-5-12(23)18-8-2-1-4-10(14(26)27)20-16(30)21-11(15(28)29)6-7-13(24)25/h10-11H,1-9H2,(H,18,23)(H,24,25)(H,26,27)(H,28,29)(H2,20,21,30)/t10-,11-/m0/s1. The number of azide groups is 1. The third-order valence-corrected chi connectivity index (χ3v) is 3.82. The second kappa shape index (κ2) is 15.4. The number of unbranched alkanes of at least 4 members (excludes halogenated alkanes) is 1. The Morgan fingerprint density at radius 2 is 1.47 bits per heavy atom. The van der Waals surface area contributed by atoms with Crippen molar-refractivity contribution in [1.29, 1.82) is 0 Å². The third kappa shape index (κ3) is 13.6. The first-order chi connectivity index (χ1) is 14.2. The molecule has 0 unspecified atom stereocenters. The molecule has 0 aliphatic heterocycles. The number of carbonyl (C=O) groups excluding carboxylic acids is 2. The molecule has 14 heteroatoms. The molecule has 0 saturated carbocycles. The van der Waals surface area contributed by atoms with Crippen molar-refractivity contribution in [3.05, 3.63) is 10.4 Å². The monoisotopic (exact) mass is 430 g/mol. The van der Waals surface area contributed by atoms with E-state index in [1.165, 1.54) is 0 Å². The van der Waals surface area contributed by atoms with Gasteiger partial charge in [-0.05, 0) is 37.6 Å². The van der Waals surface area contributed by atoms with E-state index in [1.807, 2.05) is 5.32 Å². The first-order valence-corrected chi connectivity index (χ1v) is 9.19. The normalized spacial score (nSPS) is 12.0. The first kappa shape index (κ1) is 26.5. The minimum absolute atomic E-state index is 0.0440. The molecule has 168 valence electrons. The lowest BCUT2D eigenvalue weighted by molar-refractivity contribution is -0.140. The molecule has 6 N–H and O–H groups in total. The van der Waals surface area contributed by atoms with Crippen molar-refractivity contribution in [3.63, 3.8) is 0 Å². The minimum atomic E-state index is -1.47. The van der Waals surface area contributed by atoms with Gasteiger partial charge in [0.2, 0.25) is 5.91 Å². The molecule has 3 amide bonds. The third-order valence-electron chi connectivity index (χ3n) is 3.82. The van der Waals surface area contributed by atoms with Crippen LogP contribution in [0.2, 0.25) is 0 Å². The predicted octanol–water partition coefficient (Wildman–Crippen LogP) is 0.434. The fourth-order valence-electron chi connectivity index (χ4n) is 2.29. The highest BCUT2D eigenvalue weighted by molar-refractivity contribution is 5.86. The van der Waals surface area contributed by atoms with Gasteiger partial charge < -0.3 is 31.3 Å². The van der Waals surface area contributed by atoms with E-state index in [0.717, 1.165) is 0 Å². The molecule has 2 atom stereocenters. The zero-order chi connectivity index (χ0) is 22.9. The van der Waals surface area contributed by atoms with Crippen LogP contribution in [0.4, 0.5) is 4.79 Å². The summed E-state index contributed by atoms with van der Waals surface area (Å²) in [5.41, 5.74) is 8.12. The molecule has 0 aromatic rings. The predicted molar refractivity (Wildman–Crippen MR) is 101 cm³/mol. The van der Waals surface area contributed by atoms with Gasteiger partial charge >= 0.3 is 23.9 Å². The Balaban J connectivity index is 4.27. The van der Waals surface area contributed by atoms with Gasteiger partial charge in [-0.1, -0.05) is 5.11 Å². The fourth-order valence-corrected chi connectivity index (χ4v) is 2.29. The highest BCUT2D eigenvalue weighted by Crippen LogP contribution is 2.03. The van der Waals surface area contributed by atoms with Gasteiger partial charge in [-0.3, -0.25) is 9.59 Å². The van der Waals surface area contributed by atoms with Crippen molar-refractivity contribution < 1.29 is 39.3 Å². The Kier molecular flexibility index (Phi) is 13.6. The largest absolute Gasteiger partial charge is 0.481 e. The average molecular weight is 430 g/mol. The molecule has 0 aliphatic rings. The molecule has 0 radical (unpaired) electrons. The van der Waals surface area contributed by atoms with Gasteiger partial charge in [0.05, 0.1) is 0 Å². The number of carboxylic acids is 3. The average Bonchev–Trinajstić information content (AvgIpc) is 2.66. The van der Waals surface area contributed by atoms with E-state index in [0.29, 0.717) is 25.8 Å². The van der Waals surface area contributed by atoms with Gasteiger partial charge in [-0.25, -0.2) is 14.4 Å². The van der Waals surface area contributed by atoms with Gasteiger partial charge in [0, 0.05) is 30.8 Å². The summed E-state index contributed by atoms with van der Waals surface area (Å²) in [4.78, 5) is 58.8. The van der Waals surface area contributed by atoms with Crippen LogP contribution in [0, 0.1) is 0 Å². The maximum absolute atomic E-state index is 11.9. The topological polar surface area (TPSA) is 231 Å². The number of hydrogen-bond donors (Lipinski definition) is 6. The van der Waals surface area contributed by atoms with Gasteiger partial charge in [0.25, 0.3) is 0 Å². The lowest BCUT2D eigenvalue weighted by Gasteiger charge is -2.18. The Bertz CT molecular complexity index is 664. The van der Waals surface area contributed by atoms with Crippen LogP contribution in [0.3, 0.4) is 0 Å². The van der Waals surface area contributed by atoms with Crippen molar-refractivity contribution in [3.8, 4) is 0 Å². The van der Waals surface area contributed by atoms with E-state index in [-0.39, 0.29) is 31.7 Å². The number of aliphatic carboxylic acids is 3. The second-order valence-corrected chi connectivity index (χ2v) is 6.24. The zero-order valence-electron chi connectivity index (χ0n) is 16.2. The summed E-state index contributed by atoms with van der Waals surface area (Å²) in [6, 6.07) is -3.78. The molecule has 0 bridgehead atoms. The Morgan fingerprint density at radius 1 is 0.867 bits per heavy atom. The van der Waals surface area contributed by atoms with Crippen molar-refractivity contribution in [2.24, 2.45) is 5.11 Å². The number of nitrogens with zero attached hydrogens (tertiary/aromatic N) is 3. The minimum Gasteiger partial charge on any atom is -0.481 e. The molecule has 14 nitrogen and oxygen atoms in total. The van der Waals surface area contributed by atoms with E-state index in [2.05, 4.69) is 20.7 Å². The number of nitrogens with one attached hydrogen (secondary N) is 3. The summed E-state index contributed by atoms with van der Waals surface area (Å²) in [5.74, 6) is -4.20. The smallest absolute Gasteiger partial charge is 0.326 e. The Morgan fingerprint density at radius 3 is 2.00 bits per heavy atom. The maximum atomic E-state index is 11.9. The van der Waals surface area contributed by atoms with Crippen LogP contribution in [0.5, 0.6) is 0 Å². The molecule has 0 aromatic heterocycles. The Hall–Kier alpha value is -3.54. The SMILES string of the molecule is [N-]=[N+]=NCCCC(=O)NCCCC[C@H](NC(=O)N[C@@H](CCC(=O)O)C(=O)O)C(=O)O. The van der Waals surface area contributed by atoms with E-state index in [4.69, 9.17) is 15.7 Å². The summed E-state index contributed by atoms with van der Waals surface area (Å²) < 4.78 is 0. The van der Waals surface area contributed by atoms with Crippen LogP contribution in [-0.2, 0) is 19.2 Å². The summed E-state index contributed by atoms with van der Waals surface area (Å²) in [6.07, 6.45) is 0.645. The van der Waals surface area contributed by atoms with Crippen molar-refractivity contribution in [2.75, 3.05) is 13.1 Å². The lowest BCUT2D eigenvalue weighted by Crippen LogP contribution is -2.51. The van der Waals surface area contributed by atoms with Crippen LogP contribution >= 0.6 is 0 Å². The molecule has 0 aromatic carbocycles. The van der Waals surface area contributed by atoms with Crippen LogP contribution in [0.15, 0.2) is 5.11 Å². The number of rotatable bonds is 16. The molecule has 0 spiro atoms. The van der Waals surface area contributed by atoms with Gasteiger partial charge in [0.1, 0.15) is 12.1 Å². The van der Waals surface area contributed by atoms with Crippen LogP contribution < -0.4 is 16.0 Å². The van der Waals surface area contributed by atoms with Crippen LogP contribution in [0.25, 0.3) is 10.4 Å². The molecular weight excluding hydrogens is 404 g/mol. The maximum Gasteiger partial charge on any atom is 0.326 e. The summed E-state index contributed by atoms with van der Waals surface area (Å²) >= 11 is 0. The molecule has 0 rings (SSSR count). The molecule has 0 saturated heterocycles. The summed E-state index contributed by atoms with van der Waals surface area (Å²) in [6.45, 7) is 0.520. The molecule has 0 heterocycles. The number of carbonyl (C=O) groups is 5. The van der Waals surface area contributed by atoms with Gasteiger partial charge in [0.15, 0.2) is 0 Å². The summed E-state index contributed by atoms with van der Waals surface area (Å²) in [5, 5.41) is 36.9. The first-order valence-electron chi connectivity index (χ1n) is 9.19. The molecular formula is C16H26N6O8. The molecule has 0 fully saturated rings. The highest BCUT2D eigenvalue weighted by atomic mass is 16.4. The quantitative estimate of drug-likeness (QED) is 0.0867. The second-order valence-electron chi connectivity index (χ2n) is 6.24. The zero-order valence-corrected chi connectivity index (χ0v) is 16.2. The van der Waals surface area contributed by atoms with Gasteiger partial charge in [-0.15, -0.1) is 0 Å². The summed E-state index contributed by atoms with van der Waals surface area (Å²) in [7, 11) is 0. The van der Waals surface area contributed by atoms with Crippen LogP contribution in [0.1, 0.15) is 44.9 Å².